The van der Waals surface area contributed by atoms with Gasteiger partial charge in [0, 0.05) is 0 Å². The Morgan fingerprint density at radius 1 is 0.897 bits per heavy atom. The molecule has 0 radical (unpaired) electrons. The van der Waals surface area contributed by atoms with Crippen LogP contribution in [0.5, 0.6) is 0 Å². The fourth-order valence-electron chi connectivity index (χ4n) is 2.36. The second kappa shape index (κ2) is 11.0. The molecular weight excluding hydrogens is 376 g/mol. The number of carbonyl (C=O) groups is 1. The van der Waals surface area contributed by atoms with Crippen LogP contribution in [0, 0.1) is 16.2 Å². The summed E-state index contributed by atoms with van der Waals surface area (Å²) in [6.45, 7) is 19.7. The first-order chi connectivity index (χ1) is 13.2. The predicted octanol–water partition coefficient (Wildman–Crippen LogP) is 4.13. The molecule has 1 saturated heterocycles. The predicted molar refractivity (Wildman–Crippen MR) is 110 cm³/mol. The minimum absolute atomic E-state index is 0.0310. The molecule has 0 spiro atoms. The molecule has 0 bridgehead atoms. The smallest absolute Gasteiger partial charge is 0.311 e. The van der Waals surface area contributed by atoms with Gasteiger partial charge in [-0.05, 0) is 31.1 Å². The van der Waals surface area contributed by atoms with E-state index in [2.05, 4.69) is 41.5 Å². The maximum Gasteiger partial charge on any atom is 0.311 e. The van der Waals surface area contributed by atoms with Gasteiger partial charge in [-0.15, -0.1) is 0 Å². The molecule has 0 aromatic carbocycles. The van der Waals surface area contributed by atoms with E-state index in [1.807, 2.05) is 20.8 Å². The van der Waals surface area contributed by atoms with E-state index in [0.717, 1.165) is 0 Å². The molecule has 7 heteroatoms. The van der Waals surface area contributed by atoms with Gasteiger partial charge in [0.2, 0.25) is 0 Å². The van der Waals surface area contributed by atoms with E-state index in [0.29, 0.717) is 19.6 Å². The molecule has 0 N–H and O–H groups in total. The van der Waals surface area contributed by atoms with Crippen LogP contribution in [0.2, 0.25) is 0 Å². The summed E-state index contributed by atoms with van der Waals surface area (Å²) < 4.78 is 34.2. The molecule has 1 fully saturated rings. The third-order valence-electron chi connectivity index (χ3n) is 4.48. The van der Waals surface area contributed by atoms with Crippen LogP contribution in [0.25, 0.3) is 0 Å². The quantitative estimate of drug-likeness (QED) is 0.284. The molecule has 0 aromatic rings. The van der Waals surface area contributed by atoms with Gasteiger partial charge >= 0.3 is 5.97 Å². The molecule has 3 unspecified atom stereocenters. The zero-order chi connectivity index (χ0) is 22.3. The van der Waals surface area contributed by atoms with Crippen molar-refractivity contribution < 1.29 is 33.2 Å². The molecule has 1 rings (SSSR count). The van der Waals surface area contributed by atoms with E-state index >= 15 is 0 Å². The van der Waals surface area contributed by atoms with E-state index in [-0.39, 0.29) is 37.0 Å². The van der Waals surface area contributed by atoms with Gasteiger partial charge in [-0.25, -0.2) is 0 Å². The highest BCUT2D eigenvalue weighted by molar-refractivity contribution is 5.76. The van der Waals surface area contributed by atoms with Gasteiger partial charge in [0.15, 0.2) is 18.5 Å². The summed E-state index contributed by atoms with van der Waals surface area (Å²) in [5, 5.41) is 0. The number of ether oxygens (including phenoxy) is 6. The first kappa shape index (κ1) is 26.3. The molecule has 0 saturated carbocycles. The highest BCUT2D eigenvalue weighted by Crippen LogP contribution is 2.28. The van der Waals surface area contributed by atoms with Gasteiger partial charge < -0.3 is 28.4 Å². The lowest BCUT2D eigenvalue weighted by atomic mass is 9.90. The van der Waals surface area contributed by atoms with Crippen LogP contribution < -0.4 is 0 Å². The normalized spacial score (nSPS) is 23.4. The van der Waals surface area contributed by atoms with E-state index in [1.54, 1.807) is 0 Å². The minimum atomic E-state index is -0.684. The molecule has 0 amide bonds. The summed E-state index contributed by atoms with van der Waals surface area (Å²) in [4.78, 5) is 12.5. The van der Waals surface area contributed by atoms with Gasteiger partial charge in [-0.2, -0.15) is 0 Å². The Balaban J connectivity index is 2.64. The Bertz CT molecular complexity index is 490. The largest absolute Gasteiger partial charge is 0.456 e. The van der Waals surface area contributed by atoms with Crippen LogP contribution in [-0.4, -0.2) is 57.9 Å². The van der Waals surface area contributed by atoms with Crippen molar-refractivity contribution in [3.63, 3.8) is 0 Å². The van der Waals surface area contributed by atoms with Crippen LogP contribution in [-0.2, 0) is 33.2 Å². The Kier molecular flexibility index (Phi) is 10.0. The molecule has 29 heavy (non-hydrogen) atoms. The van der Waals surface area contributed by atoms with Crippen LogP contribution >= 0.6 is 0 Å². The Hall–Kier alpha value is -0.730. The number of carbonyl (C=O) groups excluding carboxylic acids is 1. The molecule has 3 atom stereocenters. The van der Waals surface area contributed by atoms with Crippen molar-refractivity contribution in [1.82, 2.24) is 0 Å². The summed E-state index contributed by atoms with van der Waals surface area (Å²) >= 11 is 0. The van der Waals surface area contributed by atoms with E-state index < -0.39 is 23.9 Å². The zero-order valence-corrected chi connectivity index (χ0v) is 19.8. The fraction of sp³-hybridized carbons (Fsp3) is 0.955. The summed E-state index contributed by atoms with van der Waals surface area (Å²) in [7, 11) is 0. The van der Waals surface area contributed by atoms with Crippen molar-refractivity contribution in [2.24, 2.45) is 16.2 Å². The topological polar surface area (TPSA) is 72.5 Å². The third-order valence-corrected chi connectivity index (χ3v) is 4.48. The molecule has 1 heterocycles. The number of hydrogen-bond acceptors (Lipinski definition) is 7. The summed E-state index contributed by atoms with van der Waals surface area (Å²) in [6, 6.07) is 0. The molecular formula is C22H42O7. The Morgan fingerprint density at radius 2 is 1.41 bits per heavy atom. The van der Waals surface area contributed by atoms with Gasteiger partial charge in [0.25, 0.3) is 0 Å². The summed E-state index contributed by atoms with van der Waals surface area (Å²) in [6.07, 6.45) is -1.14. The van der Waals surface area contributed by atoms with Crippen molar-refractivity contribution >= 4 is 5.97 Å². The van der Waals surface area contributed by atoms with Crippen LogP contribution in [0.3, 0.4) is 0 Å². The average Bonchev–Trinajstić information content (AvgIpc) is 2.95. The highest BCUT2D eigenvalue weighted by atomic mass is 16.8. The first-order valence-electron chi connectivity index (χ1n) is 10.5. The number of hydrogen-bond donors (Lipinski definition) is 0. The van der Waals surface area contributed by atoms with Crippen molar-refractivity contribution in [2.45, 2.75) is 87.2 Å². The lowest BCUT2D eigenvalue weighted by Crippen LogP contribution is -2.41. The molecule has 172 valence electrons. The summed E-state index contributed by atoms with van der Waals surface area (Å²) in [5.74, 6) is -0.276. The van der Waals surface area contributed by atoms with Gasteiger partial charge in [0.05, 0.1) is 25.2 Å². The lowest BCUT2D eigenvalue weighted by Gasteiger charge is -2.27. The summed E-state index contributed by atoms with van der Waals surface area (Å²) in [5.41, 5.74) is -0.494. The lowest BCUT2D eigenvalue weighted by molar-refractivity contribution is -0.232. The zero-order valence-electron chi connectivity index (χ0n) is 19.8. The van der Waals surface area contributed by atoms with Crippen LogP contribution in [0.15, 0.2) is 0 Å². The second-order valence-corrected chi connectivity index (χ2v) is 10.7. The van der Waals surface area contributed by atoms with E-state index in [9.17, 15) is 4.79 Å². The molecule has 0 aliphatic carbocycles. The van der Waals surface area contributed by atoms with E-state index in [4.69, 9.17) is 28.4 Å². The SMILES string of the molecule is CCC(C)(C)C(=O)OC1COC(OCOCC(C)(C)C)C1OCOCC(C)(C)C. The number of rotatable bonds is 11. The maximum absolute atomic E-state index is 12.5. The molecule has 7 nitrogen and oxygen atoms in total. The first-order valence-corrected chi connectivity index (χ1v) is 10.5. The Labute approximate surface area is 176 Å². The van der Waals surface area contributed by atoms with Crippen molar-refractivity contribution in [1.29, 1.82) is 0 Å². The van der Waals surface area contributed by atoms with E-state index in [1.165, 1.54) is 0 Å². The Morgan fingerprint density at radius 3 is 1.90 bits per heavy atom. The van der Waals surface area contributed by atoms with Crippen molar-refractivity contribution in [3.8, 4) is 0 Å². The molecule has 1 aliphatic heterocycles. The second-order valence-electron chi connectivity index (χ2n) is 10.7. The molecule has 1 aliphatic rings. The van der Waals surface area contributed by atoms with Gasteiger partial charge in [-0.3, -0.25) is 4.79 Å². The van der Waals surface area contributed by atoms with Crippen molar-refractivity contribution in [2.75, 3.05) is 33.4 Å². The standard InChI is InChI=1S/C22H42O7/c1-10-22(8,9)19(23)29-16-11-26-18(28-15-25-13-21(5,6)7)17(16)27-14-24-12-20(2,3)4/h16-18H,10-15H2,1-9H3. The van der Waals surface area contributed by atoms with Gasteiger partial charge in [0.1, 0.15) is 13.6 Å². The fourth-order valence-corrected chi connectivity index (χ4v) is 2.36. The van der Waals surface area contributed by atoms with Crippen LogP contribution in [0.1, 0.15) is 68.7 Å². The minimum Gasteiger partial charge on any atom is -0.456 e. The monoisotopic (exact) mass is 418 g/mol. The average molecular weight is 419 g/mol. The highest BCUT2D eigenvalue weighted by Gasteiger charge is 2.43. The van der Waals surface area contributed by atoms with Gasteiger partial charge in [-0.1, -0.05) is 48.5 Å². The third kappa shape index (κ3) is 10.2. The van der Waals surface area contributed by atoms with Crippen LogP contribution in [0.4, 0.5) is 0 Å². The molecule has 0 aromatic heterocycles. The number of esters is 1. The maximum atomic E-state index is 12.5. The van der Waals surface area contributed by atoms with Crippen molar-refractivity contribution in [3.05, 3.63) is 0 Å².